The second kappa shape index (κ2) is 9.25. The first-order valence-corrected chi connectivity index (χ1v) is 10.0. The highest BCUT2D eigenvalue weighted by Gasteiger charge is 2.22. The molecule has 0 aromatic carbocycles. The molecule has 1 aliphatic rings. The van der Waals surface area contributed by atoms with E-state index in [2.05, 4.69) is 39.6 Å². The average Bonchev–Trinajstić information content (AvgIpc) is 2.87. The number of thiazole rings is 1. The maximum absolute atomic E-state index is 4.84. The third-order valence-corrected chi connectivity index (χ3v) is 5.48. The zero-order valence-electron chi connectivity index (χ0n) is 14.6. The molecule has 1 unspecified atom stereocenters. The van der Waals surface area contributed by atoms with Crippen LogP contribution in [0.15, 0.2) is 29.8 Å². The molecule has 0 spiro atoms. The summed E-state index contributed by atoms with van der Waals surface area (Å²) in [5.41, 5.74) is 2.40. The largest absolute Gasteiger partial charge is 0.317 e. The Hall–Kier alpha value is -1.30. The van der Waals surface area contributed by atoms with Gasteiger partial charge in [-0.25, -0.2) is 4.98 Å². The maximum Gasteiger partial charge on any atom is 0.107 e. The zero-order valence-corrected chi connectivity index (χ0v) is 15.4. The van der Waals surface area contributed by atoms with Gasteiger partial charge in [-0.05, 0) is 50.9 Å². The Labute approximate surface area is 149 Å². The topological polar surface area (TPSA) is 41.1 Å². The van der Waals surface area contributed by atoms with E-state index in [1.54, 1.807) is 0 Å². The third kappa shape index (κ3) is 5.10. The highest BCUT2D eigenvalue weighted by Crippen LogP contribution is 2.21. The monoisotopic (exact) mass is 344 g/mol. The summed E-state index contributed by atoms with van der Waals surface area (Å²) < 4.78 is 0. The van der Waals surface area contributed by atoms with Gasteiger partial charge in [-0.15, -0.1) is 11.3 Å². The van der Waals surface area contributed by atoms with Crippen molar-refractivity contribution in [2.45, 2.75) is 58.2 Å². The van der Waals surface area contributed by atoms with Crippen molar-refractivity contribution in [2.75, 3.05) is 13.1 Å². The highest BCUT2D eigenvalue weighted by atomic mass is 32.1. The number of rotatable bonds is 7. The van der Waals surface area contributed by atoms with Crippen LogP contribution in [0.1, 0.15) is 49.0 Å². The Morgan fingerprint density at radius 2 is 2.17 bits per heavy atom. The molecule has 0 saturated carbocycles. The minimum Gasteiger partial charge on any atom is -0.317 e. The summed E-state index contributed by atoms with van der Waals surface area (Å²) in [6.07, 6.45) is 7.86. The van der Waals surface area contributed by atoms with Gasteiger partial charge in [0.1, 0.15) is 5.01 Å². The normalized spacial score (nSPS) is 18.7. The molecular weight excluding hydrogens is 316 g/mol. The molecule has 1 aliphatic heterocycles. The summed E-state index contributed by atoms with van der Waals surface area (Å²) in [6.45, 7) is 6.32. The van der Waals surface area contributed by atoms with Gasteiger partial charge in [0.25, 0.3) is 0 Å². The van der Waals surface area contributed by atoms with E-state index < -0.39 is 0 Å². The first-order valence-electron chi connectivity index (χ1n) is 9.13. The molecule has 130 valence electrons. The fraction of sp³-hybridized carbons (Fsp3) is 0.579. The zero-order chi connectivity index (χ0) is 16.6. The summed E-state index contributed by atoms with van der Waals surface area (Å²) in [7, 11) is 0. The van der Waals surface area contributed by atoms with Gasteiger partial charge in [-0.3, -0.25) is 9.88 Å². The van der Waals surface area contributed by atoms with Crippen LogP contribution < -0.4 is 5.32 Å². The number of nitrogens with one attached hydrogen (secondary N) is 1. The van der Waals surface area contributed by atoms with Crippen LogP contribution >= 0.6 is 11.3 Å². The van der Waals surface area contributed by atoms with Crippen LogP contribution in [0.2, 0.25) is 0 Å². The predicted octanol–water partition coefficient (Wildman–Crippen LogP) is 3.63. The van der Waals surface area contributed by atoms with E-state index in [1.807, 2.05) is 23.6 Å². The van der Waals surface area contributed by atoms with Gasteiger partial charge in [0.05, 0.1) is 17.9 Å². The third-order valence-electron chi connectivity index (χ3n) is 4.60. The van der Waals surface area contributed by atoms with Gasteiger partial charge >= 0.3 is 0 Å². The quantitative estimate of drug-likeness (QED) is 0.833. The van der Waals surface area contributed by atoms with E-state index in [-0.39, 0.29) is 0 Å². The van der Waals surface area contributed by atoms with Crippen molar-refractivity contribution in [3.8, 4) is 0 Å². The number of hydrogen-bond acceptors (Lipinski definition) is 5. The highest BCUT2D eigenvalue weighted by molar-refractivity contribution is 7.09. The molecule has 1 fully saturated rings. The fourth-order valence-corrected chi connectivity index (χ4v) is 4.20. The smallest absolute Gasteiger partial charge is 0.107 e. The van der Waals surface area contributed by atoms with Crippen molar-refractivity contribution in [2.24, 2.45) is 0 Å². The van der Waals surface area contributed by atoms with E-state index in [0.29, 0.717) is 6.04 Å². The van der Waals surface area contributed by atoms with Gasteiger partial charge in [0.2, 0.25) is 0 Å². The van der Waals surface area contributed by atoms with Crippen molar-refractivity contribution in [1.82, 2.24) is 20.2 Å². The Balaban J connectivity index is 1.72. The molecule has 3 heterocycles. The van der Waals surface area contributed by atoms with Crippen LogP contribution in [0.5, 0.6) is 0 Å². The first-order chi connectivity index (χ1) is 11.8. The van der Waals surface area contributed by atoms with Crippen LogP contribution in [0.4, 0.5) is 0 Å². The van der Waals surface area contributed by atoms with E-state index >= 15 is 0 Å². The molecule has 2 aromatic heterocycles. The van der Waals surface area contributed by atoms with Gasteiger partial charge in [-0.1, -0.05) is 19.4 Å². The molecule has 0 bridgehead atoms. The van der Waals surface area contributed by atoms with Crippen molar-refractivity contribution in [3.05, 3.63) is 46.2 Å². The second-order valence-corrected chi connectivity index (χ2v) is 7.49. The lowest BCUT2D eigenvalue weighted by Gasteiger charge is -2.30. The van der Waals surface area contributed by atoms with Gasteiger partial charge < -0.3 is 5.32 Å². The molecule has 0 radical (unpaired) electrons. The minimum atomic E-state index is 0.612. The molecule has 4 nitrogen and oxygen atoms in total. The Morgan fingerprint density at radius 1 is 1.21 bits per heavy atom. The average molecular weight is 345 g/mol. The van der Waals surface area contributed by atoms with E-state index in [9.17, 15) is 0 Å². The van der Waals surface area contributed by atoms with Gasteiger partial charge in [-0.2, -0.15) is 0 Å². The molecular formula is C19H28N4S. The van der Waals surface area contributed by atoms with Crippen molar-refractivity contribution in [3.63, 3.8) is 0 Å². The Morgan fingerprint density at radius 3 is 3.00 bits per heavy atom. The molecule has 2 aromatic rings. The van der Waals surface area contributed by atoms with Crippen molar-refractivity contribution in [1.29, 1.82) is 0 Å². The lowest BCUT2D eigenvalue weighted by Crippen LogP contribution is -2.35. The summed E-state index contributed by atoms with van der Waals surface area (Å²) in [5.74, 6) is 0. The molecule has 3 rings (SSSR count). The molecule has 0 amide bonds. The van der Waals surface area contributed by atoms with Crippen LogP contribution in [0, 0.1) is 0 Å². The molecule has 24 heavy (non-hydrogen) atoms. The van der Waals surface area contributed by atoms with Crippen molar-refractivity contribution < 1.29 is 0 Å². The fourth-order valence-electron chi connectivity index (χ4n) is 3.35. The van der Waals surface area contributed by atoms with E-state index in [4.69, 9.17) is 4.98 Å². The first kappa shape index (κ1) is 17.5. The summed E-state index contributed by atoms with van der Waals surface area (Å²) >= 11 is 1.81. The molecule has 1 N–H and O–H groups in total. The Kier molecular flexibility index (Phi) is 6.75. The van der Waals surface area contributed by atoms with Crippen LogP contribution in [-0.2, 0) is 19.5 Å². The standard InChI is InChI=1S/C19H28N4S/c1-2-6-17-15-24-19(22-17)14-23(13-16-7-3-4-11-21-16)18-8-5-10-20-12-9-18/h3-4,7,11,15,18,20H,2,5-6,8-10,12-14H2,1H3. The number of nitrogens with zero attached hydrogens (tertiary/aromatic N) is 3. The molecule has 5 heteroatoms. The summed E-state index contributed by atoms with van der Waals surface area (Å²) in [6, 6.07) is 6.81. The maximum atomic E-state index is 4.84. The number of aryl methyl sites for hydroxylation is 1. The number of hydrogen-bond donors (Lipinski definition) is 1. The van der Waals surface area contributed by atoms with Gasteiger partial charge in [0, 0.05) is 24.2 Å². The lowest BCUT2D eigenvalue weighted by molar-refractivity contribution is 0.162. The predicted molar refractivity (Wildman–Crippen MR) is 100 cm³/mol. The van der Waals surface area contributed by atoms with Crippen molar-refractivity contribution >= 4 is 11.3 Å². The van der Waals surface area contributed by atoms with Crippen LogP contribution in [-0.4, -0.2) is 34.0 Å². The SMILES string of the molecule is CCCc1csc(CN(Cc2ccccn2)C2CCCNCC2)n1. The van der Waals surface area contributed by atoms with Crippen LogP contribution in [0.25, 0.3) is 0 Å². The van der Waals surface area contributed by atoms with Gasteiger partial charge in [0.15, 0.2) is 0 Å². The molecule has 1 atom stereocenters. The van der Waals surface area contributed by atoms with Crippen LogP contribution in [0.3, 0.4) is 0 Å². The number of pyridine rings is 1. The molecule has 0 aliphatic carbocycles. The summed E-state index contributed by atoms with van der Waals surface area (Å²) in [4.78, 5) is 12.0. The summed E-state index contributed by atoms with van der Waals surface area (Å²) in [5, 5.41) is 7.00. The Bertz CT molecular complexity index is 590. The number of aromatic nitrogens is 2. The molecule has 1 saturated heterocycles. The second-order valence-electron chi connectivity index (χ2n) is 6.54. The van der Waals surface area contributed by atoms with E-state index in [1.165, 1.54) is 30.0 Å². The lowest BCUT2D eigenvalue weighted by atomic mass is 10.1. The minimum absolute atomic E-state index is 0.612. The van der Waals surface area contributed by atoms with E-state index in [0.717, 1.165) is 44.7 Å².